The molecule has 0 aliphatic carbocycles. The highest BCUT2D eigenvalue weighted by Crippen LogP contribution is 2.33. The smallest absolute Gasteiger partial charge is 0.265 e. The largest absolute Gasteiger partial charge is 0.497 e. The topological polar surface area (TPSA) is 38.3 Å². The van der Waals surface area contributed by atoms with Gasteiger partial charge in [-0.15, -0.1) is 11.3 Å². The molecule has 1 aromatic heterocycles. The van der Waals surface area contributed by atoms with Gasteiger partial charge >= 0.3 is 0 Å². The number of amides is 1. The molecule has 1 amide bonds. The van der Waals surface area contributed by atoms with Crippen molar-refractivity contribution in [2.75, 3.05) is 12.4 Å². The minimum Gasteiger partial charge on any atom is -0.497 e. The first-order valence-corrected chi connectivity index (χ1v) is 8.30. The first kappa shape index (κ1) is 15.0. The highest BCUT2D eigenvalue weighted by molar-refractivity contribution is 9.13. The molecule has 1 N–H and O–H groups in total. The van der Waals surface area contributed by atoms with Crippen LogP contribution in [0.2, 0.25) is 0 Å². The highest BCUT2D eigenvalue weighted by atomic mass is 79.9. The van der Waals surface area contributed by atoms with Crippen LogP contribution >= 0.6 is 59.1 Å². The SMILES string of the molecule is COc1cc(Br)cc(NC(=O)c2cc(Br)c(Br)s2)c1. The summed E-state index contributed by atoms with van der Waals surface area (Å²) in [5.74, 6) is 0.523. The average molecular weight is 470 g/mol. The zero-order chi connectivity index (χ0) is 14.0. The lowest BCUT2D eigenvalue weighted by molar-refractivity contribution is 0.103. The van der Waals surface area contributed by atoms with Crippen LogP contribution in [-0.2, 0) is 0 Å². The van der Waals surface area contributed by atoms with Crippen LogP contribution < -0.4 is 10.1 Å². The van der Waals surface area contributed by atoms with Crippen LogP contribution in [0.3, 0.4) is 0 Å². The number of methoxy groups -OCH3 is 1. The fourth-order valence-electron chi connectivity index (χ4n) is 1.40. The van der Waals surface area contributed by atoms with Gasteiger partial charge in [-0.1, -0.05) is 15.9 Å². The summed E-state index contributed by atoms with van der Waals surface area (Å²) in [5, 5.41) is 2.83. The zero-order valence-corrected chi connectivity index (χ0v) is 15.2. The van der Waals surface area contributed by atoms with E-state index in [0.717, 1.165) is 12.7 Å². The molecule has 0 saturated heterocycles. The lowest BCUT2D eigenvalue weighted by atomic mass is 10.3. The number of halogens is 3. The zero-order valence-electron chi connectivity index (χ0n) is 9.67. The van der Waals surface area contributed by atoms with E-state index in [4.69, 9.17) is 4.74 Å². The Bertz CT molecular complexity index is 608. The van der Waals surface area contributed by atoms with Gasteiger partial charge in [0.1, 0.15) is 5.75 Å². The fourth-order valence-corrected chi connectivity index (χ4v) is 3.81. The van der Waals surface area contributed by atoms with E-state index in [9.17, 15) is 4.79 Å². The van der Waals surface area contributed by atoms with Gasteiger partial charge in [0.05, 0.1) is 15.8 Å². The molecule has 7 heteroatoms. The van der Waals surface area contributed by atoms with Gasteiger partial charge in [-0.05, 0) is 50.1 Å². The molecule has 2 aromatic rings. The number of ether oxygens (including phenoxy) is 1. The normalized spacial score (nSPS) is 10.3. The number of anilines is 1. The molecule has 0 spiro atoms. The van der Waals surface area contributed by atoms with Crippen molar-refractivity contribution in [3.8, 4) is 5.75 Å². The second-order valence-corrected chi connectivity index (χ2v) is 7.71. The maximum absolute atomic E-state index is 12.1. The molecule has 0 saturated carbocycles. The molecule has 0 bridgehead atoms. The lowest BCUT2D eigenvalue weighted by Crippen LogP contribution is -2.10. The Morgan fingerprint density at radius 1 is 1.21 bits per heavy atom. The van der Waals surface area contributed by atoms with E-state index in [2.05, 4.69) is 53.1 Å². The third-order valence-electron chi connectivity index (χ3n) is 2.23. The molecule has 1 aromatic carbocycles. The van der Waals surface area contributed by atoms with E-state index in [1.807, 2.05) is 12.1 Å². The van der Waals surface area contributed by atoms with E-state index >= 15 is 0 Å². The maximum atomic E-state index is 12.1. The minimum atomic E-state index is -0.156. The predicted molar refractivity (Wildman–Crippen MR) is 88.4 cm³/mol. The van der Waals surface area contributed by atoms with Gasteiger partial charge in [-0.2, -0.15) is 0 Å². The van der Waals surface area contributed by atoms with E-state index in [1.165, 1.54) is 11.3 Å². The van der Waals surface area contributed by atoms with Crippen molar-refractivity contribution in [3.05, 3.63) is 41.9 Å². The van der Waals surface area contributed by atoms with Crippen LogP contribution in [0.5, 0.6) is 5.75 Å². The van der Waals surface area contributed by atoms with Gasteiger partial charge in [0.15, 0.2) is 0 Å². The van der Waals surface area contributed by atoms with Gasteiger partial charge in [-0.25, -0.2) is 0 Å². The van der Waals surface area contributed by atoms with E-state index < -0.39 is 0 Å². The summed E-state index contributed by atoms with van der Waals surface area (Å²) in [6.07, 6.45) is 0. The van der Waals surface area contributed by atoms with Crippen LogP contribution in [0.25, 0.3) is 0 Å². The Morgan fingerprint density at radius 2 is 1.95 bits per heavy atom. The van der Waals surface area contributed by atoms with Crippen molar-refractivity contribution in [3.63, 3.8) is 0 Å². The third kappa shape index (κ3) is 3.81. The van der Waals surface area contributed by atoms with Crippen molar-refractivity contribution in [1.29, 1.82) is 0 Å². The minimum absolute atomic E-state index is 0.156. The fraction of sp³-hybridized carbons (Fsp3) is 0.0833. The Morgan fingerprint density at radius 3 is 2.53 bits per heavy atom. The Kier molecular flexibility index (Phi) is 5.05. The van der Waals surface area contributed by atoms with Gasteiger partial charge in [-0.3, -0.25) is 4.79 Å². The number of hydrogen-bond acceptors (Lipinski definition) is 3. The number of hydrogen-bond donors (Lipinski definition) is 1. The summed E-state index contributed by atoms with van der Waals surface area (Å²) < 4.78 is 7.76. The van der Waals surface area contributed by atoms with E-state index in [0.29, 0.717) is 16.3 Å². The Balaban J connectivity index is 2.21. The van der Waals surface area contributed by atoms with Crippen LogP contribution in [-0.4, -0.2) is 13.0 Å². The Hall–Kier alpha value is -0.370. The number of nitrogens with one attached hydrogen (secondary N) is 1. The second kappa shape index (κ2) is 6.39. The van der Waals surface area contributed by atoms with Gasteiger partial charge < -0.3 is 10.1 Å². The lowest BCUT2D eigenvalue weighted by Gasteiger charge is -2.07. The molecule has 1 heterocycles. The number of rotatable bonds is 3. The molecule has 0 aliphatic rings. The molecule has 3 nitrogen and oxygen atoms in total. The highest BCUT2D eigenvalue weighted by Gasteiger charge is 2.12. The summed E-state index contributed by atoms with van der Waals surface area (Å²) in [6.45, 7) is 0. The molecule has 0 atom stereocenters. The average Bonchev–Trinajstić information content (AvgIpc) is 2.69. The maximum Gasteiger partial charge on any atom is 0.265 e. The van der Waals surface area contributed by atoms with Crippen molar-refractivity contribution >= 4 is 70.7 Å². The molecular formula is C12H8Br3NO2S. The van der Waals surface area contributed by atoms with Crippen LogP contribution in [0, 0.1) is 0 Å². The van der Waals surface area contributed by atoms with E-state index in [-0.39, 0.29) is 5.91 Å². The summed E-state index contributed by atoms with van der Waals surface area (Å²) in [4.78, 5) is 12.7. The van der Waals surface area contributed by atoms with Crippen molar-refractivity contribution in [1.82, 2.24) is 0 Å². The summed E-state index contributed by atoms with van der Waals surface area (Å²) in [6, 6.07) is 7.19. The number of benzene rings is 1. The number of carbonyl (C=O) groups is 1. The first-order valence-electron chi connectivity index (χ1n) is 5.10. The predicted octanol–water partition coefficient (Wildman–Crippen LogP) is 5.30. The van der Waals surface area contributed by atoms with Crippen molar-refractivity contribution in [2.45, 2.75) is 0 Å². The molecule has 0 aliphatic heterocycles. The number of carbonyl (C=O) groups excluding carboxylic acids is 1. The quantitative estimate of drug-likeness (QED) is 0.662. The Labute approximate surface area is 139 Å². The van der Waals surface area contributed by atoms with Crippen LogP contribution in [0.4, 0.5) is 5.69 Å². The number of thiophene rings is 1. The summed E-state index contributed by atoms with van der Waals surface area (Å²) in [5.41, 5.74) is 0.678. The molecule has 0 fully saturated rings. The van der Waals surface area contributed by atoms with Crippen LogP contribution in [0.15, 0.2) is 37.0 Å². The summed E-state index contributed by atoms with van der Waals surface area (Å²) >= 11 is 11.5. The molecular weight excluding hydrogens is 462 g/mol. The van der Waals surface area contributed by atoms with Gasteiger partial charge in [0, 0.05) is 20.7 Å². The standard InChI is InChI=1S/C12H8Br3NO2S/c1-18-8-3-6(13)2-7(4-8)16-12(17)10-5-9(14)11(15)19-10/h2-5H,1H3,(H,16,17). The monoisotopic (exact) mass is 467 g/mol. The molecule has 2 rings (SSSR count). The molecule has 0 radical (unpaired) electrons. The van der Waals surface area contributed by atoms with Crippen LogP contribution in [0.1, 0.15) is 9.67 Å². The molecule has 100 valence electrons. The molecule has 0 unspecified atom stereocenters. The summed E-state index contributed by atoms with van der Waals surface area (Å²) in [7, 11) is 1.58. The second-order valence-electron chi connectivity index (χ2n) is 3.57. The van der Waals surface area contributed by atoms with Crippen molar-refractivity contribution in [2.24, 2.45) is 0 Å². The van der Waals surface area contributed by atoms with Crippen molar-refractivity contribution < 1.29 is 9.53 Å². The molecule has 19 heavy (non-hydrogen) atoms. The first-order chi connectivity index (χ1) is 8.99. The third-order valence-corrected chi connectivity index (χ3v) is 5.95. The van der Waals surface area contributed by atoms with Gasteiger partial charge in [0.2, 0.25) is 0 Å². The van der Waals surface area contributed by atoms with E-state index in [1.54, 1.807) is 19.2 Å². The van der Waals surface area contributed by atoms with Gasteiger partial charge in [0.25, 0.3) is 5.91 Å².